The van der Waals surface area contributed by atoms with Gasteiger partial charge in [0.15, 0.2) is 0 Å². The SMILES string of the molecule is CC(C)NC(C)(C#N)CCCN1CCCC1. The van der Waals surface area contributed by atoms with Gasteiger partial charge in [0.25, 0.3) is 0 Å². The van der Waals surface area contributed by atoms with Gasteiger partial charge in [0.05, 0.1) is 6.07 Å². The number of rotatable bonds is 6. The second-order valence-electron chi connectivity index (χ2n) is 5.40. The summed E-state index contributed by atoms with van der Waals surface area (Å²) in [5, 5.41) is 12.6. The van der Waals surface area contributed by atoms with Crippen molar-refractivity contribution >= 4 is 0 Å². The summed E-state index contributed by atoms with van der Waals surface area (Å²) in [5.41, 5.74) is -0.353. The van der Waals surface area contributed by atoms with E-state index < -0.39 is 0 Å². The van der Waals surface area contributed by atoms with Crippen LogP contribution in [0, 0.1) is 11.3 Å². The fourth-order valence-electron chi connectivity index (χ4n) is 2.46. The van der Waals surface area contributed by atoms with E-state index >= 15 is 0 Å². The van der Waals surface area contributed by atoms with Gasteiger partial charge in [0.1, 0.15) is 5.54 Å². The van der Waals surface area contributed by atoms with Gasteiger partial charge in [0, 0.05) is 6.04 Å². The van der Waals surface area contributed by atoms with E-state index in [1.807, 2.05) is 6.92 Å². The van der Waals surface area contributed by atoms with E-state index in [2.05, 4.69) is 30.1 Å². The Kier molecular flexibility index (Phi) is 5.24. The Hall–Kier alpha value is -0.590. The third-order valence-electron chi connectivity index (χ3n) is 3.20. The van der Waals surface area contributed by atoms with Crippen molar-refractivity contribution in [2.24, 2.45) is 0 Å². The van der Waals surface area contributed by atoms with Gasteiger partial charge in [-0.3, -0.25) is 5.32 Å². The first-order valence-electron chi connectivity index (χ1n) is 6.47. The molecule has 0 aromatic rings. The van der Waals surface area contributed by atoms with E-state index in [9.17, 15) is 5.26 Å². The predicted molar refractivity (Wildman–Crippen MR) is 67.2 cm³/mol. The maximum absolute atomic E-state index is 9.20. The second-order valence-corrected chi connectivity index (χ2v) is 5.40. The van der Waals surface area contributed by atoms with Crippen LogP contribution in [0.5, 0.6) is 0 Å². The summed E-state index contributed by atoms with van der Waals surface area (Å²) in [5.74, 6) is 0. The molecule has 1 aliphatic heterocycles. The summed E-state index contributed by atoms with van der Waals surface area (Å²) in [6.45, 7) is 9.85. The van der Waals surface area contributed by atoms with Gasteiger partial charge in [-0.2, -0.15) is 5.26 Å². The Morgan fingerprint density at radius 3 is 2.50 bits per heavy atom. The van der Waals surface area contributed by atoms with Crippen molar-refractivity contribution in [3.05, 3.63) is 0 Å². The Labute approximate surface area is 99.8 Å². The van der Waals surface area contributed by atoms with Gasteiger partial charge in [-0.05, 0) is 66.1 Å². The molecule has 1 aliphatic rings. The van der Waals surface area contributed by atoms with E-state index in [-0.39, 0.29) is 5.54 Å². The second kappa shape index (κ2) is 6.22. The number of nitriles is 1. The lowest BCUT2D eigenvalue weighted by Gasteiger charge is -2.26. The highest BCUT2D eigenvalue weighted by atomic mass is 15.1. The zero-order valence-electron chi connectivity index (χ0n) is 10.9. The number of nitrogens with one attached hydrogen (secondary N) is 1. The average Bonchev–Trinajstić information content (AvgIpc) is 2.69. The predicted octanol–water partition coefficient (Wildman–Crippen LogP) is 2.14. The van der Waals surface area contributed by atoms with Crippen LogP contribution in [0.15, 0.2) is 0 Å². The van der Waals surface area contributed by atoms with Crippen LogP contribution in [0.2, 0.25) is 0 Å². The molecule has 1 unspecified atom stereocenters. The number of hydrogen-bond donors (Lipinski definition) is 1. The molecule has 16 heavy (non-hydrogen) atoms. The molecule has 0 radical (unpaired) electrons. The minimum atomic E-state index is -0.353. The minimum Gasteiger partial charge on any atom is -0.303 e. The highest BCUT2D eigenvalue weighted by Crippen LogP contribution is 2.15. The van der Waals surface area contributed by atoms with E-state index in [1.54, 1.807) is 0 Å². The monoisotopic (exact) mass is 223 g/mol. The molecule has 1 fully saturated rings. The van der Waals surface area contributed by atoms with Gasteiger partial charge < -0.3 is 4.90 Å². The number of hydrogen-bond acceptors (Lipinski definition) is 3. The lowest BCUT2D eigenvalue weighted by atomic mass is 9.96. The first-order chi connectivity index (χ1) is 7.56. The molecule has 1 heterocycles. The molecule has 0 bridgehead atoms. The first kappa shape index (κ1) is 13.5. The summed E-state index contributed by atoms with van der Waals surface area (Å²) in [6, 6.07) is 2.78. The largest absolute Gasteiger partial charge is 0.303 e. The van der Waals surface area contributed by atoms with Crippen LogP contribution in [-0.4, -0.2) is 36.1 Å². The Balaban J connectivity index is 2.25. The van der Waals surface area contributed by atoms with Crippen molar-refractivity contribution in [1.82, 2.24) is 10.2 Å². The zero-order valence-corrected chi connectivity index (χ0v) is 10.9. The molecule has 92 valence electrons. The van der Waals surface area contributed by atoms with Crippen LogP contribution in [0.25, 0.3) is 0 Å². The summed E-state index contributed by atoms with van der Waals surface area (Å²) >= 11 is 0. The molecule has 3 heteroatoms. The standard InChI is InChI=1S/C13H25N3/c1-12(2)15-13(3,11-14)7-6-10-16-8-4-5-9-16/h12,15H,4-10H2,1-3H3. The van der Waals surface area contributed by atoms with Crippen LogP contribution in [0.1, 0.15) is 46.5 Å². The van der Waals surface area contributed by atoms with Crippen LogP contribution < -0.4 is 5.32 Å². The summed E-state index contributed by atoms with van der Waals surface area (Å²) in [7, 11) is 0. The average molecular weight is 223 g/mol. The van der Waals surface area contributed by atoms with E-state index in [0.717, 1.165) is 19.4 Å². The molecule has 1 rings (SSSR count). The Morgan fingerprint density at radius 1 is 1.38 bits per heavy atom. The fourth-order valence-corrected chi connectivity index (χ4v) is 2.46. The van der Waals surface area contributed by atoms with Crippen LogP contribution in [0.3, 0.4) is 0 Å². The van der Waals surface area contributed by atoms with Crippen LogP contribution in [-0.2, 0) is 0 Å². The molecular weight excluding hydrogens is 198 g/mol. The number of nitrogens with zero attached hydrogens (tertiary/aromatic N) is 2. The molecule has 0 amide bonds. The molecule has 1 atom stereocenters. The molecule has 0 aliphatic carbocycles. The summed E-state index contributed by atoms with van der Waals surface area (Å²) < 4.78 is 0. The van der Waals surface area contributed by atoms with E-state index in [4.69, 9.17) is 0 Å². The van der Waals surface area contributed by atoms with Crippen LogP contribution >= 0.6 is 0 Å². The lowest BCUT2D eigenvalue weighted by molar-refractivity contribution is 0.300. The van der Waals surface area contributed by atoms with Crippen LogP contribution in [0.4, 0.5) is 0 Å². The molecular formula is C13H25N3. The summed E-state index contributed by atoms with van der Waals surface area (Å²) in [4.78, 5) is 2.51. The van der Waals surface area contributed by atoms with Crippen molar-refractivity contribution in [1.29, 1.82) is 5.26 Å². The van der Waals surface area contributed by atoms with Crippen molar-refractivity contribution in [2.75, 3.05) is 19.6 Å². The third-order valence-corrected chi connectivity index (χ3v) is 3.20. The molecule has 0 spiro atoms. The van der Waals surface area contributed by atoms with Gasteiger partial charge in [-0.1, -0.05) is 0 Å². The smallest absolute Gasteiger partial charge is 0.104 e. The maximum Gasteiger partial charge on any atom is 0.104 e. The Morgan fingerprint density at radius 2 is 2.00 bits per heavy atom. The van der Waals surface area contributed by atoms with E-state index in [1.165, 1.54) is 25.9 Å². The minimum absolute atomic E-state index is 0.353. The highest BCUT2D eigenvalue weighted by Gasteiger charge is 2.24. The maximum atomic E-state index is 9.20. The van der Waals surface area contributed by atoms with Gasteiger partial charge in [-0.15, -0.1) is 0 Å². The third kappa shape index (κ3) is 4.51. The molecule has 0 aromatic carbocycles. The highest BCUT2D eigenvalue weighted by molar-refractivity contribution is 5.04. The fraction of sp³-hybridized carbons (Fsp3) is 0.923. The van der Waals surface area contributed by atoms with Crippen molar-refractivity contribution < 1.29 is 0 Å². The number of likely N-dealkylation sites (tertiary alicyclic amines) is 1. The Bertz CT molecular complexity index is 238. The molecule has 0 saturated carbocycles. The van der Waals surface area contributed by atoms with Crippen molar-refractivity contribution in [3.63, 3.8) is 0 Å². The quantitative estimate of drug-likeness (QED) is 0.750. The summed E-state index contributed by atoms with van der Waals surface area (Å²) in [6.07, 6.45) is 4.75. The van der Waals surface area contributed by atoms with Gasteiger partial charge in [-0.25, -0.2) is 0 Å². The molecule has 1 saturated heterocycles. The zero-order chi connectivity index (χ0) is 12.0. The molecule has 0 aromatic heterocycles. The van der Waals surface area contributed by atoms with Crippen molar-refractivity contribution in [3.8, 4) is 6.07 Å². The van der Waals surface area contributed by atoms with Gasteiger partial charge in [0.2, 0.25) is 0 Å². The lowest BCUT2D eigenvalue weighted by Crippen LogP contribution is -2.45. The van der Waals surface area contributed by atoms with E-state index in [0.29, 0.717) is 6.04 Å². The first-order valence-corrected chi connectivity index (χ1v) is 6.47. The van der Waals surface area contributed by atoms with Gasteiger partial charge >= 0.3 is 0 Å². The van der Waals surface area contributed by atoms with Crippen molar-refractivity contribution in [2.45, 2.75) is 58.0 Å². The molecule has 1 N–H and O–H groups in total. The topological polar surface area (TPSA) is 39.1 Å². The molecule has 3 nitrogen and oxygen atoms in total. The normalized spacial score (nSPS) is 20.9.